The van der Waals surface area contributed by atoms with E-state index in [1.807, 2.05) is 6.92 Å². The molecule has 1 amide bonds. The van der Waals surface area contributed by atoms with Gasteiger partial charge in [-0.05, 0) is 6.92 Å². The molecular weight excluding hydrogens is 439 g/mol. The van der Waals surface area contributed by atoms with Gasteiger partial charge in [-0.2, -0.15) is 13.2 Å². The van der Waals surface area contributed by atoms with Gasteiger partial charge >= 0.3 is 12.1 Å². The zero-order valence-corrected chi connectivity index (χ0v) is 16.6. The quantitative estimate of drug-likeness (QED) is 0.690. The van der Waals surface area contributed by atoms with E-state index in [0.29, 0.717) is 19.8 Å². The maximum absolute atomic E-state index is 13.0. The van der Waals surface area contributed by atoms with Crippen LogP contribution in [0.3, 0.4) is 0 Å². The summed E-state index contributed by atoms with van der Waals surface area (Å²) in [7, 11) is 0. The first-order valence-electron chi connectivity index (χ1n) is 8.90. The van der Waals surface area contributed by atoms with E-state index in [1.165, 1.54) is 16.2 Å². The Hall–Kier alpha value is -2.09. The molecule has 0 radical (unpaired) electrons. The van der Waals surface area contributed by atoms with Gasteiger partial charge in [-0.25, -0.2) is 13.6 Å². The van der Waals surface area contributed by atoms with Crippen LogP contribution < -0.4 is 4.90 Å². The lowest BCUT2D eigenvalue weighted by Gasteiger charge is -2.40. The van der Waals surface area contributed by atoms with Gasteiger partial charge in [0.1, 0.15) is 5.01 Å². The Labute approximate surface area is 171 Å². The average molecular weight is 458 g/mol. The van der Waals surface area contributed by atoms with Crippen LogP contribution in [-0.4, -0.2) is 83.6 Å². The summed E-state index contributed by atoms with van der Waals surface area (Å²) < 4.78 is 63.3. The Morgan fingerprint density at radius 2 is 1.90 bits per heavy atom. The molecule has 0 aliphatic carbocycles. The molecule has 3 fully saturated rings. The van der Waals surface area contributed by atoms with Crippen molar-refractivity contribution in [2.24, 2.45) is 11.3 Å². The molecule has 0 saturated carbocycles. The second kappa shape index (κ2) is 7.87. The van der Waals surface area contributed by atoms with Gasteiger partial charge in [0.05, 0.1) is 26.3 Å². The minimum atomic E-state index is -5.08. The minimum Gasteiger partial charge on any atom is -0.475 e. The number of alkyl halides is 5. The van der Waals surface area contributed by atoms with E-state index in [2.05, 4.69) is 15.1 Å². The Morgan fingerprint density at radius 3 is 2.40 bits per heavy atom. The number of aliphatic carboxylic acids is 1. The van der Waals surface area contributed by atoms with Crippen LogP contribution in [0.2, 0.25) is 0 Å². The molecule has 1 N–H and O–H groups in total. The number of halogens is 5. The van der Waals surface area contributed by atoms with E-state index in [9.17, 15) is 26.7 Å². The standard InChI is InChI=1S/C14H18F2N4O2S.C2HF3O2/c1-9-17-18-12(23-9)19-3-10-4-22-8-13(10,5-19)2-11(21)20-6-14(15,16)7-20;3-2(4,5)1(6)7/h10H,2-8H2,1H3;(H,6,7)/t10-,13+;/m1./s1. The summed E-state index contributed by atoms with van der Waals surface area (Å²) in [5, 5.41) is 17.1. The predicted molar refractivity (Wildman–Crippen MR) is 93.4 cm³/mol. The molecule has 3 aliphatic heterocycles. The Bertz CT molecular complexity index is 812. The molecular formula is C16H19F5N4O4S. The Balaban J connectivity index is 0.000000318. The number of ether oxygens (including phenoxy) is 1. The molecule has 168 valence electrons. The second-order valence-electron chi connectivity index (χ2n) is 7.64. The van der Waals surface area contributed by atoms with E-state index < -0.39 is 31.2 Å². The number of rotatable bonds is 3. The van der Waals surface area contributed by atoms with E-state index in [4.69, 9.17) is 14.6 Å². The molecule has 3 saturated heterocycles. The van der Waals surface area contributed by atoms with Crippen molar-refractivity contribution in [2.45, 2.75) is 25.4 Å². The number of hydrogen-bond donors (Lipinski definition) is 1. The third-order valence-electron chi connectivity index (χ3n) is 5.25. The smallest absolute Gasteiger partial charge is 0.475 e. The van der Waals surface area contributed by atoms with Crippen molar-refractivity contribution in [1.29, 1.82) is 0 Å². The number of carboxylic acid groups (broad SMARTS) is 1. The van der Waals surface area contributed by atoms with Crippen molar-refractivity contribution >= 4 is 28.3 Å². The van der Waals surface area contributed by atoms with Gasteiger partial charge in [0.2, 0.25) is 11.0 Å². The lowest BCUT2D eigenvalue weighted by molar-refractivity contribution is -0.192. The highest BCUT2D eigenvalue weighted by molar-refractivity contribution is 7.15. The number of carbonyl (C=O) groups is 2. The van der Waals surface area contributed by atoms with Crippen molar-refractivity contribution in [3.63, 3.8) is 0 Å². The van der Waals surface area contributed by atoms with E-state index >= 15 is 0 Å². The minimum absolute atomic E-state index is 0.193. The molecule has 2 atom stereocenters. The molecule has 3 aliphatic rings. The van der Waals surface area contributed by atoms with Crippen LogP contribution in [0, 0.1) is 18.3 Å². The lowest BCUT2D eigenvalue weighted by Crippen LogP contribution is -2.59. The fraction of sp³-hybridized carbons (Fsp3) is 0.750. The monoisotopic (exact) mass is 458 g/mol. The number of anilines is 1. The number of aryl methyl sites for hydroxylation is 1. The van der Waals surface area contributed by atoms with Crippen molar-refractivity contribution in [3.8, 4) is 0 Å². The van der Waals surface area contributed by atoms with Crippen LogP contribution in [0.4, 0.5) is 27.1 Å². The molecule has 0 bridgehead atoms. The average Bonchev–Trinajstić information content (AvgIpc) is 3.25. The van der Waals surface area contributed by atoms with E-state index in [1.54, 1.807) is 0 Å². The molecule has 4 rings (SSSR count). The number of likely N-dealkylation sites (tertiary alicyclic amines) is 1. The summed E-state index contributed by atoms with van der Waals surface area (Å²) in [5.74, 6) is -5.43. The molecule has 0 unspecified atom stereocenters. The summed E-state index contributed by atoms with van der Waals surface area (Å²) in [6.07, 6.45) is -4.82. The first kappa shape index (κ1) is 22.6. The molecule has 8 nitrogen and oxygen atoms in total. The van der Waals surface area contributed by atoms with Crippen LogP contribution in [0.25, 0.3) is 0 Å². The molecule has 14 heteroatoms. The number of carboxylic acids is 1. The molecule has 4 heterocycles. The number of fused-ring (bicyclic) bond motifs is 1. The molecule has 30 heavy (non-hydrogen) atoms. The zero-order valence-electron chi connectivity index (χ0n) is 15.8. The third kappa shape index (κ3) is 4.79. The van der Waals surface area contributed by atoms with Crippen LogP contribution in [0.15, 0.2) is 0 Å². The van der Waals surface area contributed by atoms with E-state index in [-0.39, 0.29) is 23.7 Å². The highest BCUT2D eigenvalue weighted by atomic mass is 32.1. The van der Waals surface area contributed by atoms with Crippen molar-refractivity contribution in [1.82, 2.24) is 15.1 Å². The first-order valence-corrected chi connectivity index (χ1v) is 9.71. The van der Waals surface area contributed by atoms with Gasteiger partial charge in [-0.1, -0.05) is 11.3 Å². The lowest BCUT2D eigenvalue weighted by atomic mass is 9.77. The Kier molecular flexibility index (Phi) is 5.93. The summed E-state index contributed by atoms with van der Waals surface area (Å²) in [4.78, 5) is 24.6. The SMILES string of the molecule is Cc1nnc(N2C[C@@H]3COC[C@]3(CC(=O)N3CC(F)(F)C3)C2)s1.O=C(O)C(F)(F)F. The summed E-state index contributed by atoms with van der Waals surface area (Å²) >= 11 is 1.53. The van der Waals surface area contributed by atoms with Gasteiger partial charge in [-0.15, -0.1) is 10.2 Å². The highest BCUT2D eigenvalue weighted by Crippen LogP contribution is 2.46. The Morgan fingerprint density at radius 1 is 1.27 bits per heavy atom. The van der Waals surface area contributed by atoms with Crippen LogP contribution in [0.5, 0.6) is 0 Å². The maximum atomic E-state index is 13.0. The predicted octanol–water partition coefficient (Wildman–Crippen LogP) is 1.80. The van der Waals surface area contributed by atoms with Crippen LogP contribution in [0.1, 0.15) is 11.4 Å². The van der Waals surface area contributed by atoms with Gasteiger partial charge in [0.25, 0.3) is 5.92 Å². The molecule has 1 aromatic heterocycles. The fourth-order valence-corrected chi connectivity index (χ4v) is 4.44. The fourth-order valence-electron chi connectivity index (χ4n) is 3.74. The normalized spacial score (nSPS) is 27.2. The van der Waals surface area contributed by atoms with Crippen molar-refractivity contribution < 1.29 is 41.4 Å². The number of aromatic nitrogens is 2. The van der Waals surface area contributed by atoms with Crippen molar-refractivity contribution in [2.75, 3.05) is 44.3 Å². The number of carbonyl (C=O) groups excluding carboxylic acids is 1. The van der Waals surface area contributed by atoms with Crippen LogP contribution >= 0.6 is 11.3 Å². The second-order valence-corrected chi connectivity index (χ2v) is 8.80. The zero-order chi connectivity index (χ0) is 22.3. The first-order chi connectivity index (χ1) is 13.8. The molecule has 0 spiro atoms. The molecule has 1 aromatic rings. The van der Waals surface area contributed by atoms with Gasteiger partial charge in [0, 0.05) is 30.8 Å². The third-order valence-corrected chi connectivity index (χ3v) is 6.15. The summed E-state index contributed by atoms with van der Waals surface area (Å²) in [5.41, 5.74) is -0.290. The molecule has 0 aromatic carbocycles. The van der Waals surface area contributed by atoms with Gasteiger partial charge in [-0.3, -0.25) is 4.79 Å². The summed E-state index contributed by atoms with van der Waals surface area (Å²) in [6.45, 7) is 3.56. The van der Waals surface area contributed by atoms with E-state index in [0.717, 1.165) is 16.7 Å². The topological polar surface area (TPSA) is 95.9 Å². The number of amides is 1. The van der Waals surface area contributed by atoms with Gasteiger partial charge in [0.15, 0.2) is 0 Å². The number of nitrogens with zero attached hydrogens (tertiary/aromatic N) is 4. The number of hydrogen-bond acceptors (Lipinski definition) is 7. The maximum Gasteiger partial charge on any atom is 0.490 e. The van der Waals surface area contributed by atoms with Crippen molar-refractivity contribution in [3.05, 3.63) is 5.01 Å². The largest absolute Gasteiger partial charge is 0.490 e. The summed E-state index contributed by atoms with van der Waals surface area (Å²) in [6, 6.07) is 0. The van der Waals surface area contributed by atoms with Gasteiger partial charge < -0.3 is 19.6 Å². The highest BCUT2D eigenvalue weighted by Gasteiger charge is 2.54. The van der Waals surface area contributed by atoms with Crippen LogP contribution in [-0.2, 0) is 14.3 Å².